The highest BCUT2D eigenvalue weighted by molar-refractivity contribution is 9.10. The van der Waals surface area contributed by atoms with Gasteiger partial charge >= 0.3 is 0 Å². The van der Waals surface area contributed by atoms with Gasteiger partial charge in [0.15, 0.2) is 0 Å². The molecule has 20 heavy (non-hydrogen) atoms. The molecule has 0 saturated heterocycles. The van der Waals surface area contributed by atoms with Gasteiger partial charge in [-0.3, -0.25) is 10.1 Å². The molecule has 2 unspecified atom stereocenters. The van der Waals surface area contributed by atoms with E-state index in [2.05, 4.69) is 42.0 Å². The Morgan fingerprint density at radius 3 is 2.75 bits per heavy atom. The maximum Gasteiger partial charge on any atom is 0.271 e. The molecule has 1 saturated carbocycles. The van der Waals surface area contributed by atoms with Crippen LogP contribution in [0.4, 0.5) is 11.4 Å². The van der Waals surface area contributed by atoms with E-state index in [4.69, 9.17) is 0 Å². The molecule has 4 nitrogen and oxygen atoms in total. The zero-order chi connectivity index (χ0) is 14.9. The molecule has 1 aliphatic carbocycles. The molecule has 1 aromatic carbocycles. The van der Waals surface area contributed by atoms with Crippen LogP contribution in [0.15, 0.2) is 22.7 Å². The lowest BCUT2D eigenvalue weighted by molar-refractivity contribution is -0.384. The van der Waals surface area contributed by atoms with Gasteiger partial charge in [-0.2, -0.15) is 0 Å². The van der Waals surface area contributed by atoms with Crippen LogP contribution < -0.4 is 5.32 Å². The first-order valence-corrected chi connectivity index (χ1v) is 7.78. The lowest BCUT2D eigenvalue weighted by Gasteiger charge is -2.40. The molecule has 1 N–H and O–H groups in total. The second kappa shape index (κ2) is 5.72. The first-order chi connectivity index (χ1) is 9.28. The van der Waals surface area contributed by atoms with Crippen molar-refractivity contribution in [2.75, 3.05) is 5.32 Å². The molecule has 0 radical (unpaired) electrons. The molecule has 1 aliphatic rings. The zero-order valence-corrected chi connectivity index (χ0v) is 13.7. The van der Waals surface area contributed by atoms with E-state index in [9.17, 15) is 10.1 Å². The van der Waals surface area contributed by atoms with Gasteiger partial charge in [0.25, 0.3) is 5.69 Å². The largest absolute Gasteiger partial charge is 0.381 e. The molecule has 0 aliphatic heterocycles. The van der Waals surface area contributed by atoms with Crippen LogP contribution in [0.5, 0.6) is 0 Å². The van der Waals surface area contributed by atoms with Crippen molar-refractivity contribution in [3.05, 3.63) is 32.8 Å². The maximum atomic E-state index is 10.9. The van der Waals surface area contributed by atoms with E-state index >= 15 is 0 Å². The molecule has 0 heterocycles. The lowest BCUT2D eigenvalue weighted by atomic mass is 9.70. The fraction of sp³-hybridized carbons (Fsp3) is 0.600. The van der Waals surface area contributed by atoms with E-state index in [-0.39, 0.29) is 10.6 Å². The average molecular weight is 341 g/mol. The van der Waals surface area contributed by atoms with E-state index < -0.39 is 0 Å². The second-order valence-corrected chi connectivity index (χ2v) is 7.41. The normalized spacial score (nSPS) is 25.2. The summed E-state index contributed by atoms with van der Waals surface area (Å²) in [7, 11) is 0. The van der Waals surface area contributed by atoms with Gasteiger partial charge in [-0.25, -0.2) is 0 Å². The standard InChI is InChI=1S/C15H21BrN2O2/c1-10-9-15(2,3)7-6-13(10)17-14-8-11(18(19)20)4-5-12(14)16/h4-5,8,10,13,17H,6-7,9H2,1-3H3. The number of nitro benzene ring substituents is 1. The number of rotatable bonds is 3. The van der Waals surface area contributed by atoms with Gasteiger partial charge < -0.3 is 5.32 Å². The van der Waals surface area contributed by atoms with Gasteiger partial charge in [-0.1, -0.05) is 20.8 Å². The molecule has 1 fully saturated rings. The number of nitrogens with one attached hydrogen (secondary N) is 1. The number of hydrogen-bond donors (Lipinski definition) is 1. The van der Waals surface area contributed by atoms with Crippen molar-refractivity contribution in [1.82, 2.24) is 0 Å². The topological polar surface area (TPSA) is 55.2 Å². The monoisotopic (exact) mass is 340 g/mol. The quantitative estimate of drug-likeness (QED) is 0.623. The van der Waals surface area contributed by atoms with Gasteiger partial charge in [-0.15, -0.1) is 0 Å². The summed E-state index contributed by atoms with van der Waals surface area (Å²) in [6, 6.07) is 5.23. The highest BCUT2D eigenvalue weighted by Crippen LogP contribution is 2.40. The molecule has 0 amide bonds. The summed E-state index contributed by atoms with van der Waals surface area (Å²) < 4.78 is 0.875. The molecule has 1 aromatic rings. The molecule has 110 valence electrons. The highest BCUT2D eigenvalue weighted by atomic mass is 79.9. The van der Waals surface area contributed by atoms with Gasteiger partial charge in [0.05, 0.1) is 10.6 Å². The Balaban J connectivity index is 2.14. The Bertz CT molecular complexity index is 517. The minimum atomic E-state index is -0.356. The van der Waals surface area contributed by atoms with Crippen molar-refractivity contribution in [1.29, 1.82) is 0 Å². The van der Waals surface area contributed by atoms with Crippen molar-refractivity contribution in [2.24, 2.45) is 11.3 Å². The van der Waals surface area contributed by atoms with Crippen LogP contribution in [0, 0.1) is 21.4 Å². The third-order valence-corrected chi connectivity index (χ3v) is 4.89. The predicted molar refractivity (Wildman–Crippen MR) is 85.0 cm³/mol. The summed E-state index contributed by atoms with van der Waals surface area (Å²) in [6.07, 6.45) is 3.46. The van der Waals surface area contributed by atoms with Crippen molar-refractivity contribution in [2.45, 2.75) is 46.1 Å². The Labute approximate surface area is 128 Å². The van der Waals surface area contributed by atoms with Gasteiger partial charge in [0, 0.05) is 22.6 Å². The van der Waals surface area contributed by atoms with Crippen molar-refractivity contribution < 1.29 is 4.92 Å². The molecular formula is C15H21BrN2O2. The summed E-state index contributed by atoms with van der Waals surface area (Å²) in [5.74, 6) is 0.560. The number of halogens is 1. The summed E-state index contributed by atoms with van der Waals surface area (Å²) in [5.41, 5.74) is 1.34. The molecule has 0 aromatic heterocycles. The first-order valence-electron chi connectivity index (χ1n) is 6.99. The van der Waals surface area contributed by atoms with Crippen molar-refractivity contribution >= 4 is 27.3 Å². The fourth-order valence-electron chi connectivity index (χ4n) is 3.10. The minimum absolute atomic E-state index is 0.125. The number of anilines is 1. The van der Waals surface area contributed by atoms with Crippen LogP contribution >= 0.6 is 15.9 Å². The van der Waals surface area contributed by atoms with Crippen LogP contribution in [0.2, 0.25) is 0 Å². The van der Waals surface area contributed by atoms with E-state index in [0.29, 0.717) is 17.4 Å². The smallest absolute Gasteiger partial charge is 0.271 e. The van der Waals surface area contributed by atoms with Crippen LogP contribution in [-0.2, 0) is 0 Å². The molecule has 5 heteroatoms. The van der Waals surface area contributed by atoms with E-state index in [1.54, 1.807) is 12.1 Å². The highest BCUT2D eigenvalue weighted by Gasteiger charge is 2.32. The molecular weight excluding hydrogens is 320 g/mol. The number of benzene rings is 1. The third-order valence-electron chi connectivity index (χ3n) is 4.20. The maximum absolute atomic E-state index is 10.9. The van der Waals surface area contributed by atoms with Gasteiger partial charge in [0.2, 0.25) is 0 Å². The fourth-order valence-corrected chi connectivity index (χ4v) is 3.46. The predicted octanol–water partition coefficient (Wildman–Crippen LogP) is 4.98. The average Bonchev–Trinajstić information content (AvgIpc) is 2.34. The van der Waals surface area contributed by atoms with Gasteiger partial charge in [0.1, 0.15) is 0 Å². The summed E-state index contributed by atoms with van der Waals surface area (Å²) in [4.78, 5) is 10.5. The van der Waals surface area contributed by atoms with Crippen LogP contribution in [-0.4, -0.2) is 11.0 Å². The lowest BCUT2D eigenvalue weighted by Crippen LogP contribution is -2.36. The SMILES string of the molecule is CC1CC(C)(C)CCC1Nc1cc([N+](=O)[O-])ccc1Br. The van der Waals surface area contributed by atoms with E-state index in [1.807, 2.05) is 0 Å². The third kappa shape index (κ3) is 3.51. The van der Waals surface area contributed by atoms with Gasteiger partial charge in [-0.05, 0) is 52.6 Å². The zero-order valence-electron chi connectivity index (χ0n) is 12.1. The Morgan fingerprint density at radius 2 is 2.15 bits per heavy atom. The van der Waals surface area contributed by atoms with Crippen LogP contribution in [0.1, 0.15) is 40.0 Å². The Kier molecular flexibility index (Phi) is 4.37. The molecule has 2 rings (SSSR count). The van der Waals surface area contributed by atoms with Crippen molar-refractivity contribution in [3.63, 3.8) is 0 Å². The second-order valence-electron chi connectivity index (χ2n) is 6.56. The molecule has 2 atom stereocenters. The summed E-state index contributed by atoms with van der Waals surface area (Å²) in [5, 5.41) is 14.3. The van der Waals surface area contributed by atoms with Crippen LogP contribution in [0.25, 0.3) is 0 Å². The van der Waals surface area contributed by atoms with E-state index in [1.165, 1.54) is 18.9 Å². The number of nitrogens with zero attached hydrogens (tertiary/aromatic N) is 1. The van der Waals surface area contributed by atoms with E-state index in [0.717, 1.165) is 16.6 Å². The minimum Gasteiger partial charge on any atom is -0.381 e. The molecule has 0 spiro atoms. The summed E-state index contributed by atoms with van der Waals surface area (Å²) in [6.45, 7) is 6.87. The van der Waals surface area contributed by atoms with Crippen molar-refractivity contribution in [3.8, 4) is 0 Å². The Hall–Kier alpha value is -1.10. The first kappa shape index (κ1) is 15.3. The van der Waals surface area contributed by atoms with Crippen LogP contribution in [0.3, 0.4) is 0 Å². The number of non-ortho nitro benzene ring substituents is 1. The molecule has 0 bridgehead atoms. The number of nitro groups is 1. The Morgan fingerprint density at radius 1 is 1.45 bits per heavy atom. The summed E-state index contributed by atoms with van der Waals surface area (Å²) >= 11 is 3.46. The number of hydrogen-bond acceptors (Lipinski definition) is 3.